The smallest absolute Gasteiger partial charge is 0.230 e. The van der Waals surface area contributed by atoms with Crippen LogP contribution < -0.4 is 0 Å². The van der Waals surface area contributed by atoms with Crippen LogP contribution >= 0.6 is 0 Å². The number of aromatic nitrogens is 2. The molecule has 1 aliphatic rings. The Labute approximate surface area is 138 Å². The lowest BCUT2D eigenvalue weighted by Crippen LogP contribution is -2.28. The van der Waals surface area contributed by atoms with Crippen LogP contribution in [0, 0.1) is 5.92 Å². The highest BCUT2D eigenvalue weighted by atomic mass is 16.4. The molecule has 1 saturated heterocycles. The first-order valence-corrected chi connectivity index (χ1v) is 8.49. The number of benzene rings is 1. The van der Waals surface area contributed by atoms with Crippen LogP contribution in [0.15, 0.2) is 34.7 Å². The highest BCUT2D eigenvalue weighted by molar-refractivity contribution is 5.14. The van der Waals surface area contributed by atoms with Crippen LogP contribution in [-0.4, -0.2) is 46.7 Å². The van der Waals surface area contributed by atoms with E-state index in [4.69, 9.17) is 4.42 Å². The lowest BCUT2D eigenvalue weighted by atomic mass is 10.1. The van der Waals surface area contributed by atoms with Crippen molar-refractivity contribution in [1.29, 1.82) is 0 Å². The molecular formula is C18H26N4O. The second-order valence-corrected chi connectivity index (χ2v) is 6.52. The van der Waals surface area contributed by atoms with Crippen LogP contribution in [-0.2, 0) is 19.5 Å². The fraction of sp³-hybridized carbons (Fsp3) is 0.556. The predicted molar refractivity (Wildman–Crippen MR) is 89.8 cm³/mol. The Kier molecular flexibility index (Phi) is 5.41. The van der Waals surface area contributed by atoms with Crippen LogP contribution in [0.5, 0.6) is 0 Å². The first-order valence-electron chi connectivity index (χ1n) is 8.49. The zero-order valence-electron chi connectivity index (χ0n) is 14.1. The predicted octanol–water partition coefficient (Wildman–Crippen LogP) is 2.59. The summed E-state index contributed by atoms with van der Waals surface area (Å²) in [7, 11) is 2.13. The van der Waals surface area contributed by atoms with Gasteiger partial charge in [0, 0.05) is 26.1 Å². The van der Waals surface area contributed by atoms with E-state index in [0.717, 1.165) is 43.8 Å². The molecule has 1 fully saturated rings. The molecule has 2 aromatic rings. The van der Waals surface area contributed by atoms with Crippen molar-refractivity contribution in [2.24, 2.45) is 5.92 Å². The van der Waals surface area contributed by atoms with Gasteiger partial charge in [-0.3, -0.25) is 9.80 Å². The van der Waals surface area contributed by atoms with Crippen LogP contribution in [0.25, 0.3) is 0 Å². The van der Waals surface area contributed by atoms with Crippen molar-refractivity contribution < 1.29 is 4.42 Å². The summed E-state index contributed by atoms with van der Waals surface area (Å²) in [5, 5.41) is 8.13. The van der Waals surface area contributed by atoms with Gasteiger partial charge < -0.3 is 4.42 Å². The van der Waals surface area contributed by atoms with E-state index in [9.17, 15) is 0 Å². The first-order chi connectivity index (χ1) is 11.2. The quantitative estimate of drug-likeness (QED) is 0.786. The van der Waals surface area contributed by atoms with E-state index in [2.05, 4.69) is 57.4 Å². The lowest BCUT2D eigenvalue weighted by Gasteiger charge is -2.20. The molecule has 1 aromatic carbocycles. The van der Waals surface area contributed by atoms with Crippen molar-refractivity contribution in [1.82, 2.24) is 20.0 Å². The fourth-order valence-electron chi connectivity index (χ4n) is 3.28. The minimum Gasteiger partial charge on any atom is -0.424 e. The van der Waals surface area contributed by atoms with Crippen LogP contribution in [0.3, 0.4) is 0 Å². The largest absolute Gasteiger partial charge is 0.424 e. The average Bonchev–Trinajstić information content (AvgIpc) is 3.18. The third-order valence-electron chi connectivity index (χ3n) is 4.41. The number of aryl methyl sites for hydroxylation is 1. The van der Waals surface area contributed by atoms with Gasteiger partial charge in [-0.1, -0.05) is 37.3 Å². The standard InChI is InChI=1S/C18H26N4O/c1-3-17-19-20-18(23-17)14-21(2)11-16-9-10-22(13-16)12-15-7-5-4-6-8-15/h4-8,16H,3,9-14H2,1-2H3/t16-/m1/s1. The topological polar surface area (TPSA) is 45.4 Å². The highest BCUT2D eigenvalue weighted by Crippen LogP contribution is 2.20. The number of rotatable bonds is 7. The molecule has 0 bridgehead atoms. The second-order valence-electron chi connectivity index (χ2n) is 6.52. The maximum Gasteiger partial charge on any atom is 0.230 e. The van der Waals surface area contributed by atoms with Crippen LogP contribution in [0.1, 0.15) is 30.7 Å². The van der Waals surface area contributed by atoms with E-state index in [0.29, 0.717) is 0 Å². The maximum atomic E-state index is 5.59. The molecule has 23 heavy (non-hydrogen) atoms. The van der Waals surface area contributed by atoms with E-state index >= 15 is 0 Å². The minimum atomic E-state index is 0.720. The Morgan fingerprint density at radius 3 is 2.74 bits per heavy atom. The summed E-state index contributed by atoms with van der Waals surface area (Å²) in [5.41, 5.74) is 1.40. The van der Waals surface area contributed by atoms with Crippen molar-refractivity contribution in [3.63, 3.8) is 0 Å². The molecule has 5 heteroatoms. The van der Waals surface area contributed by atoms with Crippen molar-refractivity contribution in [3.05, 3.63) is 47.7 Å². The van der Waals surface area contributed by atoms with E-state index in [1.165, 1.54) is 25.1 Å². The summed E-state index contributed by atoms with van der Waals surface area (Å²) >= 11 is 0. The highest BCUT2D eigenvalue weighted by Gasteiger charge is 2.24. The Bertz CT molecular complexity index is 598. The third-order valence-corrected chi connectivity index (χ3v) is 4.41. The Hall–Kier alpha value is -1.72. The molecular weight excluding hydrogens is 288 g/mol. The molecule has 0 radical (unpaired) electrons. The van der Waals surface area contributed by atoms with Gasteiger partial charge in [0.25, 0.3) is 0 Å². The molecule has 2 heterocycles. The molecule has 0 N–H and O–H groups in total. The summed E-state index contributed by atoms with van der Waals surface area (Å²) in [6.07, 6.45) is 2.06. The van der Waals surface area contributed by atoms with Crippen molar-refractivity contribution in [2.45, 2.75) is 32.9 Å². The molecule has 0 spiro atoms. The van der Waals surface area contributed by atoms with Crippen LogP contribution in [0.4, 0.5) is 0 Å². The van der Waals surface area contributed by atoms with E-state index in [1.54, 1.807) is 0 Å². The van der Waals surface area contributed by atoms with Crippen molar-refractivity contribution in [3.8, 4) is 0 Å². The molecule has 0 amide bonds. The Morgan fingerprint density at radius 1 is 1.22 bits per heavy atom. The molecule has 1 aliphatic heterocycles. The molecule has 1 atom stereocenters. The van der Waals surface area contributed by atoms with Gasteiger partial charge in [0.15, 0.2) is 0 Å². The first kappa shape index (κ1) is 16.1. The van der Waals surface area contributed by atoms with Gasteiger partial charge in [-0.15, -0.1) is 10.2 Å². The van der Waals surface area contributed by atoms with Crippen LogP contribution in [0.2, 0.25) is 0 Å². The van der Waals surface area contributed by atoms with Gasteiger partial charge >= 0.3 is 0 Å². The van der Waals surface area contributed by atoms with Gasteiger partial charge in [-0.2, -0.15) is 0 Å². The van der Waals surface area contributed by atoms with Crippen molar-refractivity contribution in [2.75, 3.05) is 26.7 Å². The zero-order valence-corrected chi connectivity index (χ0v) is 14.1. The number of likely N-dealkylation sites (tertiary alicyclic amines) is 1. The van der Waals surface area contributed by atoms with Gasteiger partial charge in [-0.25, -0.2) is 0 Å². The monoisotopic (exact) mass is 314 g/mol. The summed E-state index contributed by atoms with van der Waals surface area (Å²) in [6.45, 7) is 7.26. The Balaban J connectivity index is 1.44. The molecule has 0 saturated carbocycles. The van der Waals surface area contributed by atoms with E-state index < -0.39 is 0 Å². The SMILES string of the molecule is CCc1nnc(CN(C)C[C@H]2CCN(Cc3ccccc3)C2)o1. The normalized spacial score (nSPS) is 18.8. The van der Waals surface area contributed by atoms with Gasteiger partial charge in [0.2, 0.25) is 11.8 Å². The van der Waals surface area contributed by atoms with Gasteiger partial charge in [0.1, 0.15) is 0 Å². The maximum absolute atomic E-state index is 5.59. The number of hydrogen-bond donors (Lipinski definition) is 0. The fourth-order valence-corrected chi connectivity index (χ4v) is 3.28. The summed E-state index contributed by atoms with van der Waals surface area (Å²) in [6, 6.07) is 10.7. The second kappa shape index (κ2) is 7.70. The van der Waals surface area contributed by atoms with Crippen molar-refractivity contribution >= 4 is 0 Å². The molecule has 5 nitrogen and oxygen atoms in total. The summed E-state index contributed by atoms with van der Waals surface area (Å²) < 4.78 is 5.59. The summed E-state index contributed by atoms with van der Waals surface area (Å²) in [5.74, 6) is 2.17. The van der Waals surface area contributed by atoms with Gasteiger partial charge in [-0.05, 0) is 31.5 Å². The minimum absolute atomic E-state index is 0.720. The summed E-state index contributed by atoms with van der Waals surface area (Å²) in [4.78, 5) is 4.85. The molecule has 1 aromatic heterocycles. The molecule has 0 aliphatic carbocycles. The average molecular weight is 314 g/mol. The molecule has 3 rings (SSSR count). The third kappa shape index (κ3) is 4.62. The van der Waals surface area contributed by atoms with Gasteiger partial charge in [0.05, 0.1) is 6.54 Å². The zero-order chi connectivity index (χ0) is 16.1. The van der Waals surface area contributed by atoms with E-state index in [-0.39, 0.29) is 0 Å². The Morgan fingerprint density at radius 2 is 2.00 bits per heavy atom. The van der Waals surface area contributed by atoms with E-state index in [1.807, 2.05) is 6.92 Å². The lowest BCUT2D eigenvalue weighted by molar-refractivity contribution is 0.235. The molecule has 0 unspecified atom stereocenters. The number of nitrogens with zero attached hydrogens (tertiary/aromatic N) is 4. The number of hydrogen-bond acceptors (Lipinski definition) is 5. The molecule has 124 valence electrons.